The Labute approximate surface area is 243 Å². The monoisotopic (exact) mass is 578 g/mol. The van der Waals surface area contributed by atoms with Crippen LogP contribution in [0.5, 0.6) is 0 Å². The summed E-state index contributed by atoms with van der Waals surface area (Å²) in [5, 5.41) is 29.5. The molecule has 2 aromatic heterocycles. The molecule has 13 nitrogen and oxygen atoms in total. The number of carbonyl (C=O) groups excluding carboxylic acids is 1. The summed E-state index contributed by atoms with van der Waals surface area (Å²) in [5.41, 5.74) is 9.22. The van der Waals surface area contributed by atoms with Gasteiger partial charge in [-0.3, -0.25) is 15.2 Å². The van der Waals surface area contributed by atoms with E-state index in [-0.39, 0.29) is 24.3 Å². The molecule has 1 saturated heterocycles. The van der Waals surface area contributed by atoms with Crippen molar-refractivity contribution in [1.29, 1.82) is 5.41 Å². The van der Waals surface area contributed by atoms with Gasteiger partial charge in [-0.05, 0) is 56.0 Å². The molecule has 0 bridgehead atoms. The predicted molar refractivity (Wildman–Crippen MR) is 157 cm³/mol. The lowest BCUT2D eigenvalue weighted by Crippen LogP contribution is -2.42. The molecule has 1 saturated carbocycles. The quantitative estimate of drug-likeness (QED) is 0.131. The van der Waals surface area contributed by atoms with Crippen LogP contribution >= 0.6 is 0 Å². The van der Waals surface area contributed by atoms with Crippen molar-refractivity contribution in [2.45, 2.75) is 70.1 Å². The molecule has 1 aliphatic carbocycles. The molecular weight excluding hydrogens is 540 g/mol. The van der Waals surface area contributed by atoms with E-state index in [0.29, 0.717) is 18.2 Å². The number of nitrogens with zero attached hydrogens (tertiary/aromatic N) is 4. The van der Waals surface area contributed by atoms with E-state index in [9.17, 15) is 4.79 Å². The predicted octanol–water partition coefficient (Wildman–Crippen LogP) is 2.08. The van der Waals surface area contributed by atoms with Gasteiger partial charge in [-0.25, -0.2) is 14.6 Å². The van der Waals surface area contributed by atoms with Crippen molar-refractivity contribution in [3.05, 3.63) is 54.1 Å². The first-order chi connectivity index (χ1) is 20.2. The van der Waals surface area contributed by atoms with E-state index in [4.69, 9.17) is 35.9 Å². The molecule has 2 fully saturated rings. The van der Waals surface area contributed by atoms with E-state index in [0.717, 1.165) is 55.6 Å². The molecule has 1 aliphatic heterocycles. The lowest BCUT2D eigenvalue weighted by Gasteiger charge is -2.34. The number of nitrogen functional groups attached to an aromatic ring is 1. The number of aliphatic carboxylic acids is 2. The van der Waals surface area contributed by atoms with Gasteiger partial charge in [0.1, 0.15) is 18.2 Å². The molecule has 0 unspecified atom stereocenters. The van der Waals surface area contributed by atoms with Gasteiger partial charge in [-0.2, -0.15) is 0 Å². The average Bonchev–Trinajstić information content (AvgIpc) is 3.33. The van der Waals surface area contributed by atoms with Gasteiger partial charge in [-0.15, -0.1) is 0 Å². The largest absolute Gasteiger partial charge is 0.473 e. The topological polar surface area (TPSA) is 200 Å². The second-order valence-electron chi connectivity index (χ2n) is 10.6. The van der Waals surface area contributed by atoms with Crippen LogP contribution < -0.4 is 21.3 Å². The van der Waals surface area contributed by atoms with E-state index in [2.05, 4.69) is 32.7 Å². The van der Waals surface area contributed by atoms with Crippen LogP contribution in [0.4, 0.5) is 5.69 Å². The van der Waals surface area contributed by atoms with Crippen molar-refractivity contribution in [2.24, 2.45) is 5.73 Å². The second kappa shape index (κ2) is 14.4. The van der Waals surface area contributed by atoms with Gasteiger partial charge < -0.3 is 36.0 Å². The zero-order chi connectivity index (χ0) is 30.1. The van der Waals surface area contributed by atoms with Crippen molar-refractivity contribution in [1.82, 2.24) is 25.2 Å². The average molecular weight is 579 g/mol. The van der Waals surface area contributed by atoms with Crippen molar-refractivity contribution in [3.63, 3.8) is 0 Å². The van der Waals surface area contributed by atoms with Crippen LogP contribution in [-0.4, -0.2) is 73.6 Å². The van der Waals surface area contributed by atoms with Gasteiger partial charge >= 0.3 is 11.9 Å². The maximum atomic E-state index is 13.0. The fraction of sp³-hybridized carbons (Fsp3) is 0.448. The number of aromatic nitrogens is 3. The summed E-state index contributed by atoms with van der Waals surface area (Å²) < 4.78 is 2.01. The number of imidazole rings is 1. The molecule has 0 spiro atoms. The molecule has 3 aromatic rings. The normalized spacial score (nSPS) is 16.0. The summed E-state index contributed by atoms with van der Waals surface area (Å²) >= 11 is 0. The van der Waals surface area contributed by atoms with E-state index in [1.807, 2.05) is 35.2 Å². The number of pyridine rings is 1. The molecule has 2 aliphatic rings. The highest BCUT2D eigenvalue weighted by Gasteiger charge is 2.22. The SMILES string of the molecule is N=C(N)c1ccc2c(c1)nc(CNC1CCN(c3ccncc3)CC1)n2CC(=O)NC1CCCCC1.O=C(O)C(=O)O. The van der Waals surface area contributed by atoms with Gasteiger partial charge in [0.25, 0.3) is 0 Å². The summed E-state index contributed by atoms with van der Waals surface area (Å²) in [6.07, 6.45) is 11.5. The standard InChI is InChI=1S/C27H36N8O.C2H2O4/c28-27(29)19-6-7-24-23(16-19)33-25(35(24)18-26(36)32-21-4-2-1-3-5-21)17-31-20-10-14-34(15-11-20)22-8-12-30-13-9-22;3-1(4)2(5)6/h6-9,12-13,16,20-21,31H,1-5,10-11,14-15,17-18H2,(H3,28,29)(H,32,36);(H,3,4)(H,5,6). The van der Waals surface area contributed by atoms with Gasteiger partial charge in [0.05, 0.1) is 17.6 Å². The number of piperidine rings is 1. The lowest BCUT2D eigenvalue weighted by atomic mass is 9.95. The van der Waals surface area contributed by atoms with Crippen LogP contribution in [0.25, 0.3) is 11.0 Å². The van der Waals surface area contributed by atoms with E-state index < -0.39 is 11.9 Å². The Bertz CT molecular complexity index is 1380. The van der Waals surface area contributed by atoms with Gasteiger partial charge in [0.15, 0.2) is 0 Å². The summed E-state index contributed by atoms with van der Waals surface area (Å²) in [6, 6.07) is 10.4. The Morgan fingerprint density at radius 2 is 1.62 bits per heavy atom. The summed E-state index contributed by atoms with van der Waals surface area (Å²) in [6.45, 7) is 2.80. The Morgan fingerprint density at radius 3 is 2.24 bits per heavy atom. The molecule has 3 heterocycles. The maximum absolute atomic E-state index is 13.0. The summed E-state index contributed by atoms with van der Waals surface area (Å²) in [5.74, 6) is -2.77. The third-order valence-electron chi connectivity index (χ3n) is 7.66. The molecule has 13 heteroatoms. The van der Waals surface area contributed by atoms with Gasteiger partial charge in [0, 0.05) is 48.8 Å². The lowest BCUT2D eigenvalue weighted by molar-refractivity contribution is -0.159. The van der Waals surface area contributed by atoms with Crippen molar-refractivity contribution in [2.75, 3.05) is 18.0 Å². The third kappa shape index (κ3) is 8.26. The van der Waals surface area contributed by atoms with Crippen LogP contribution in [0.3, 0.4) is 0 Å². The summed E-state index contributed by atoms with van der Waals surface area (Å²) in [4.78, 5) is 42.5. The van der Waals surface area contributed by atoms with Gasteiger partial charge in [0.2, 0.25) is 5.91 Å². The molecular formula is C29H38N8O5. The number of nitrogens with two attached hydrogens (primary N) is 1. The zero-order valence-electron chi connectivity index (χ0n) is 23.5. The molecule has 224 valence electrons. The Hall–Kier alpha value is -4.52. The van der Waals surface area contributed by atoms with Crippen LogP contribution in [-0.2, 0) is 27.5 Å². The van der Waals surface area contributed by atoms with Crippen LogP contribution in [0.1, 0.15) is 56.3 Å². The number of carboxylic acid groups (broad SMARTS) is 2. The number of nitrogens with one attached hydrogen (secondary N) is 3. The smallest absolute Gasteiger partial charge is 0.414 e. The fourth-order valence-electron chi connectivity index (χ4n) is 5.45. The van der Waals surface area contributed by atoms with Crippen LogP contribution in [0.15, 0.2) is 42.7 Å². The number of hydrogen-bond donors (Lipinski definition) is 6. The summed E-state index contributed by atoms with van der Waals surface area (Å²) in [7, 11) is 0. The number of hydrogen-bond acceptors (Lipinski definition) is 8. The molecule has 0 radical (unpaired) electrons. The number of fused-ring (bicyclic) bond motifs is 1. The molecule has 0 atom stereocenters. The first-order valence-corrected chi connectivity index (χ1v) is 14.2. The highest BCUT2D eigenvalue weighted by molar-refractivity contribution is 6.27. The first kappa shape index (κ1) is 30.4. The number of amidine groups is 1. The Morgan fingerprint density at radius 1 is 0.952 bits per heavy atom. The van der Waals surface area contributed by atoms with Crippen LogP contribution in [0, 0.1) is 5.41 Å². The van der Waals surface area contributed by atoms with Crippen LogP contribution in [0.2, 0.25) is 0 Å². The second-order valence-corrected chi connectivity index (χ2v) is 10.6. The first-order valence-electron chi connectivity index (χ1n) is 14.2. The highest BCUT2D eigenvalue weighted by Crippen LogP contribution is 2.22. The number of carboxylic acids is 2. The van der Waals surface area contributed by atoms with Gasteiger partial charge in [-0.1, -0.05) is 19.3 Å². The third-order valence-corrected chi connectivity index (χ3v) is 7.66. The number of amides is 1. The zero-order valence-corrected chi connectivity index (χ0v) is 23.5. The maximum Gasteiger partial charge on any atom is 0.414 e. The Balaban J connectivity index is 0.000000612. The number of anilines is 1. The fourth-order valence-corrected chi connectivity index (χ4v) is 5.45. The number of benzene rings is 1. The Kier molecular flexibility index (Phi) is 10.4. The number of carbonyl (C=O) groups is 3. The minimum absolute atomic E-state index is 0.0159. The van der Waals surface area contributed by atoms with E-state index >= 15 is 0 Å². The van der Waals surface area contributed by atoms with E-state index in [1.54, 1.807) is 0 Å². The van der Waals surface area contributed by atoms with Crippen molar-refractivity contribution < 1.29 is 24.6 Å². The number of rotatable bonds is 8. The molecule has 5 rings (SSSR count). The van der Waals surface area contributed by atoms with Crippen molar-refractivity contribution in [3.8, 4) is 0 Å². The molecule has 1 amide bonds. The minimum Gasteiger partial charge on any atom is -0.473 e. The minimum atomic E-state index is -1.82. The highest BCUT2D eigenvalue weighted by atomic mass is 16.4. The van der Waals surface area contributed by atoms with Crippen molar-refractivity contribution >= 4 is 40.4 Å². The molecule has 7 N–H and O–H groups in total. The molecule has 42 heavy (non-hydrogen) atoms. The molecule has 1 aromatic carbocycles. The van der Waals surface area contributed by atoms with E-state index in [1.165, 1.54) is 24.9 Å².